The van der Waals surface area contributed by atoms with E-state index in [1.165, 1.54) is 0 Å². The second-order valence-electron chi connectivity index (χ2n) is 1.48. The molecule has 0 aromatic rings. The lowest BCUT2D eigenvalue weighted by Crippen LogP contribution is -1.96. The van der Waals surface area contributed by atoms with Crippen LogP contribution in [0.4, 0.5) is 0 Å². The average molecular weight is 133 g/mol. The van der Waals surface area contributed by atoms with Crippen LogP contribution in [0, 0.1) is 10.8 Å². The van der Waals surface area contributed by atoms with Crippen LogP contribution in [0.25, 0.3) is 0 Å². The molecule has 0 aromatic heterocycles. The van der Waals surface area contributed by atoms with Gasteiger partial charge in [0.25, 0.3) is 0 Å². The van der Waals surface area contributed by atoms with Gasteiger partial charge in [-0.25, -0.2) is 0 Å². The van der Waals surface area contributed by atoms with Gasteiger partial charge in [0.05, 0.1) is 0 Å². The Hall–Kier alpha value is -0.380. The van der Waals surface area contributed by atoms with Crippen LogP contribution in [-0.2, 0) is 4.79 Å². The monoisotopic (exact) mass is 133 g/mol. The van der Waals surface area contributed by atoms with E-state index in [0.717, 1.165) is 18.2 Å². The SMILES string of the molecule is C[C@@H](C=O)CSN=O. The first-order chi connectivity index (χ1) is 3.81. The average Bonchev–Trinajstić information content (AvgIpc) is 1.83. The summed E-state index contributed by atoms with van der Waals surface area (Å²) in [6.07, 6.45) is 0.804. The van der Waals surface area contributed by atoms with Crippen molar-refractivity contribution >= 4 is 18.2 Å². The van der Waals surface area contributed by atoms with Gasteiger partial charge in [-0.15, -0.1) is 4.91 Å². The van der Waals surface area contributed by atoms with E-state index < -0.39 is 0 Å². The number of nitrogens with zero attached hydrogens (tertiary/aromatic N) is 1. The summed E-state index contributed by atoms with van der Waals surface area (Å²) in [5.74, 6) is 0.435. The molecule has 3 nitrogen and oxygen atoms in total. The molecule has 0 fully saturated rings. The van der Waals surface area contributed by atoms with E-state index in [9.17, 15) is 9.70 Å². The number of aldehydes is 1. The summed E-state index contributed by atoms with van der Waals surface area (Å²) in [6, 6.07) is 0. The summed E-state index contributed by atoms with van der Waals surface area (Å²) < 4.78 is 2.53. The van der Waals surface area contributed by atoms with Crippen molar-refractivity contribution in [1.29, 1.82) is 0 Å². The fourth-order valence-corrected chi connectivity index (χ4v) is 0.562. The summed E-state index contributed by atoms with van der Waals surface area (Å²) in [5, 5.41) is 0. The third-order valence-corrected chi connectivity index (χ3v) is 1.40. The predicted octanol–water partition coefficient (Wildman–Crippen LogP) is 1.24. The van der Waals surface area contributed by atoms with Gasteiger partial charge in [0, 0.05) is 28.2 Å². The van der Waals surface area contributed by atoms with Crippen molar-refractivity contribution in [3.8, 4) is 0 Å². The van der Waals surface area contributed by atoms with E-state index in [4.69, 9.17) is 0 Å². The first-order valence-electron chi connectivity index (χ1n) is 2.21. The van der Waals surface area contributed by atoms with Gasteiger partial charge >= 0.3 is 0 Å². The predicted molar refractivity (Wildman–Crippen MR) is 33.5 cm³/mol. The molecule has 0 aliphatic carbocycles. The third kappa shape index (κ3) is 3.80. The lowest BCUT2D eigenvalue weighted by atomic mass is 10.3. The van der Waals surface area contributed by atoms with Crippen molar-refractivity contribution in [1.82, 2.24) is 0 Å². The lowest BCUT2D eigenvalue weighted by Gasteiger charge is -1.92. The van der Waals surface area contributed by atoms with Crippen LogP contribution < -0.4 is 0 Å². The molecular weight excluding hydrogens is 126 g/mol. The molecule has 0 aliphatic heterocycles. The van der Waals surface area contributed by atoms with Gasteiger partial charge in [0.2, 0.25) is 0 Å². The minimum atomic E-state index is -0.0577. The van der Waals surface area contributed by atoms with E-state index in [2.05, 4.69) is 4.58 Å². The largest absolute Gasteiger partial charge is 0.303 e. The van der Waals surface area contributed by atoms with Crippen LogP contribution in [0.5, 0.6) is 0 Å². The molecule has 0 aromatic carbocycles. The summed E-state index contributed by atoms with van der Waals surface area (Å²) in [5.41, 5.74) is 0. The summed E-state index contributed by atoms with van der Waals surface area (Å²) >= 11 is 0.879. The molecule has 0 amide bonds. The number of rotatable bonds is 4. The first-order valence-corrected chi connectivity index (χ1v) is 3.15. The molecule has 0 saturated heterocycles. The van der Waals surface area contributed by atoms with E-state index in [1.54, 1.807) is 6.92 Å². The van der Waals surface area contributed by atoms with Crippen LogP contribution in [0.1, 0.15) is 6.92 Å². The topological polar surface area (TPSA) is 46.5 Å². The molecule has 0 saturated carbocycles. The number of nitroso groups, excluding NO2 is 1. The Morgan fingerprint density at radius 3 is 2.88 bits per heavy atom. The molecule has 0 N–H and O–H groups in total. The van der Waals surface area contributed by atoms with Gasteiger partial charge in [0.1, 0.15) is 6.29 Å². The van der Waals surface area contributed by atoms with Crippen molar-refractivity contribution in [2.45, 2.75) is 6.92 Å². The second-order valence-corrected chi connectivity index (χ2v) is 2.22. The molecule has 0 heterocycles. The zero-order chi connectivity index (χ0) is 6.41. The summed E-state index contributed by atoms with van der Waals surface area (Å²) in [4.78, 5) is 19.3. The Balaban J connectivity index is 3.09. The standard InChI is InChI=1S/C4H7NO2S/c1-4(2-6)3-8-5-7/h2,4H,3H2,1H3/t4-/m0/s1. The van der Waals surface area contributed by atoms with Gasteiger partial charge in [-0.1, -0.05) is 6.92 Å². The molecule has 0 rings (SSSR count). The van der Waals surface area contributed by atoms with Crippen LogP contribution >= 0.6 is 11.9 Å². The number of hydrogen-bond acceptors (Lipinski definition) is 4. The van der Waals surface area contributed by atoms with Crippen molar-refractivity contribution in [2.24, 2.45) is 10.5 Å². The van der Waals surface area contributed by atoms with E-state index in [1.807, 2.05) is 0 Å². The summed E-state index contributed by atoms with van der Waals surface area (Å²) in [7, 11) is 0. The zero-order valence-electron chi connectivity index (χ0n) is 4.53. The van der Waals surface area contributed by atoms with Gasteiger partial charge in [-0.2, -0.15) is 0 Å². The van der Waals surface area contributed by atoms with E-state index in [0.29, 0.717) is 5.75 Å². The van der Waals surface area contributed by atoms with Crippen molar-refractivity contribution < 1.29 is 4.79 Å². The van der Waals surface area contributed by atoms with Crippen LogP contribution in [0.2, 0.25) is 0 Å². The smallest absolute Gasteiger partial charge is 0.123 e. The quantitative estimate of drug-likeness (QED) is 0.329. The Kier molecular flexibility index (Phi) is 4.54. The van der Waals surface area contributed by atoms with Crippen molar-refractivity contribution in [2.75, 3.05) is 5.75 Å². The highest BCUT2D eigenvalue weighted by Gasteiger charge is 1.97. The molecule has 0 radical (unpaired) electrons. The number of carbonyl (C=O) groups excluding carboxylic acids is 1. The molecule has 1 atom stereocenters. The Morgan fingerprint density at radius 2 is 2.50 bits per heavy atom. The minimum absolute atomic E-state index is 0.0577. The maximum atomic E-state index is 9.85. The lowest BCUT2D eigenvalue weighted by molar-refractivity contribution is -0.110. The molecule has 46 valence electrons. The van der Waals surface area contributed by atoms with Crippen LogP contribution in [0.3, 0.4) is 0 Å². The van der Waals surface area contributed by atoms with Crippen molar-refractivity contribution in [3.05, 3.63) is 4.91 Å². The first kappa shape index (κ1) is 7.62. The van der Waals surface area contributed by atoms with Gasteiger partial charge < -0.3 is 4.79 Å². The van der Waals surface area contributed by atoms with Crippen LogP contribution in [0.15, 0.2) is 4.58 Å². The molecule has 4 heteroatoms. The fraction of sp³-hybridized carbons (Fsp3) is 0.750. The molecule has 0 spiro atoms. The molecule has 8 heavy (non-hydrogen) atoms. The maximum Gasteiger partial charge on any atom is 0.123 e. The highest BCUT2D eigenvalue weighted by Crippen LogP contribution is 2.05. The normalized spacial score (nSPS) is 12.6. The fourth-order valence-electron chi connectivity index (χ4n) is 0.187. The van der Waals surface area contributed by atoms with E-state index in [-0.39, 0.29) is 5.92 Å². The number of hydrogen-bond donors (Lipinski definition) is 0. The molecular formula is C4H7NO2S. The van der Waals surface area contributed by atoms with Gasteiger partial charge in [0.15, 0.2) is 0 Å². The summed E-state index contributed by atoms with van der Waals surface area (Å²) in [6.45, 7) is 1.74. The van der Waals surface area contributed by atoms with E-state index >= 15 is 0 Å². The highest BCUT2D eigenvalue weighted by molar-refractivity contribution is 7.97. The molecule has 0 aliphatic rings. The van der Waals surface area contributed by atoms with Crippen molar-refractivity contribution in [3.63, 3.8) is 0 Å². The Bertz CT molecular complexity index is 86.1. The minimum Gasteiger partial charge on any atom is -0.303 e. The van der Waals surface area contributed by atoms with Gasteiger partial charge in [-0.3, -0.25) is 0 Å². The maximum absolute atomic E-state index is 9.85. The third-order valence-electron chi connectivity index (χ3n) is 0.622. The molecule has 0 bridgehead atoms. The Labute approximate surface area is 51.9 Å². The second kappa shape index (κ2) is 4.77. The molecule has 0 unspecified atom stereocenters. The zero-order valence-corrected chi connectivity index (χ0v) is 5.35. The van der Waals surface area contributed by atoms with Gasteiger partial charge in [-0.05, 0) is 0 Å². The van der Waals surface area contributed by atoms with Crippen LogP contribution in [-0.4, -0.2) is 12.0 Å². The Morgan fingerprint density at radius 1 is 1.88 bits per heavy atom. The highest BCUT2D eigenvalue weighted by atomic mass is 32.2. The number of carbonyl (C=O) groups is 1.